The van der Waals surface area contributed by atoms with Gasteiger partial charge in [0.2, 0.25) is 0 Å². The predicted molar refractivity (Wildman–Crippen MR) is 13.8 cm³/mol. The van der Waals surface area contributed by atoms with E-state index in [1.54, 1.807) is 0 Å². The summed E-state index contributed by atoms with van der Waals surface area (Å²) < 4.78 is 48.9. The van der Waals surface area contributed by atoms with Crippen LogP contribution in [-0.4, -0.2) is 61.2 Å². The molecule has 7 nitrogen and oxygen atoms in total. The van der Waals surface area contributed by atoms with E-state index in [9.17, 15) is 0 Å². The molecule has 0 aliphatic rings. The SMILES string of the molecule is O.[Ba].[O-][I+2]([O-])O.[O-][I+2]([O-])O. The van der Waals surface area contributed by atoms with Crippen LogP contribution in [0.3, 0.4) is 0 Å². The zero-order chi connectivity index (χ0) is 7.15. The van der Waals surface area contributed by atoms with E-state index >= 15 is 0 Å². The van der Waals surface area contributed by atoms with Gasteiger partial charge in [-0.15, -0.1) is 0 Å². The van der Waals surface area contributed by atoms with Crippen LogP contribution in [-0.2, 0) is 0 Å². The van der Waals surface area contributed by atoms with Gasteiger partial charge in [0.15, 0.2) is 0 Å². The van der Waals surface area contributed by atoms with Crippen molar-refractivity contribution >= 4 is 48.9 Å². The molecule has 0 saturated carbocycles. The third-order valence-corrected chi connectivity index (χ3v) is 0. The minimum Gasteiger partial charge on any atom is -0.412 e. The van der Waals surface area contributed by atoms with Gasteiger partial charge in [0.1, 0.15) is 0 Å². The average molecular weight is 507 g/mol. The molecule has 0 saturated heterocycles. The smallest absolute Gasteiger partial charge is 0.412 e. The summed E-state index contributed by atoms with van der Waals surface area (Å²) in [5, 5.41) is 0. The van der Waals surface area contributed by atoms with Gasteiger partial charge in [-0.2, -0.15) is 0 Å². The molecule has 0 bridgehead atoms. The topological polar surface area (TPSA) is 164 Å². The van der Waals surface area contributed by atoms with E-state index in [-0.39, 0.29) is 54.4 Å². The maximum Gasteiger partial charge on any atom is 0.503 e. The number of hydrogen-bond donors (Lipinski definition) is 2. The normalized spacial score (nSPS) is 7.20. The quantitative estimate of drug-likeness (QED) is 0.244. The molecule has 0 fully saturated rings. The van der Waals surface area contributed by atoms with Crippen molar-refractivity contribution in [1.29, 1.82) is 0 Å². The fraction of sp³-hybridized carbons (Fsp3) is 0. The first kappa shape index (κ1) is 23.0. The fourth-order valence-electron chi connectivity index (χ4n) is 0. The van der Waals surface area contributed by atoms with Crippen molar-refractivity contribution in [3.8, 4) is 0 Å². The second-order valence-corrected chi connectivity index (χ2v) is 2.70. The first-order valence-electron chi connectivity index (χ1n) is 0.955. The van der Waals surface area contributed by atoms with E-state index in [0.29, 0.717) is 0 Å². The predicted octanol–water partition coefficient (Wildman–Crippen LogP) is -13.1. The summed E-state index contributed by atoms with van der Waals surface area (Å²) in [5.41, 5.74) is 0. The molecule has 0 atom stereocenters. The van der Waals surface area contributed by atoms with Crippen LogP contribution in [0.5, 0.6) is 0 Å². The molecule has 0 aliphatic heterocycles. The Morgan fingerprint density at radius 2 is 0.800 bits per heavy atom. The van der Waals surface area contributed by atoms with Gasteiger partial charge in [-0.05, 0) is 6.87 Å². The molecule has 0 aromatic carbocycles. The first-order valence-corrected chi connectivity index (χ1v) is 6.41. The molecule has 62 valence electrons. The molecule has 0 amide bonds. The van der Waals surface area contributed by atoms with Crippen LogP contribution in [0.15, 0.2) is 0 Å². The zero-order valence-electron chi connectivity index (χ0n) is 4.49. The molecular weight excluding hydrogens is 503 g/mol. The molecule has 4 N–H and O–H groups in total. The molecule has 0 aromatic rings. The van der Waals surface area contributed by atoms with E-state index in [0.717, 1.165) is 0 Å². The number of rotatable bonds is 0. The molecule has 2 radical (unpaired) electrons. The van der Waals surface area contributed by atoms with Gasteiger partial charge in [0.05, 0.1) is 0 Å². The van der Waals surface area contributed by atoms with Crippen LogP contribution >= 0.6 is 0 Å². The maximum atomic E-state index is 8.68. The summed E-state index contributed by atoms with van der Waals surface area (Å²) in [4.78, 5) is 0. The summed E-state index contributed by atoms with van der Waals surface area (Å²) in [5.74, 6) is 0. The van der Waals surface area contributed by atoms with Gasteiger partial charge in [0, 0.05) is 48.9 Å². The van der Waals surface area contributed by atoms with Gasteiger partial charge >= 0.3 is 42.1 Å². The first-order chi connectivity index (χ1) is 3.46. The summed E-state index contributed by atoms with van der Waals surface area (Å²) in [6.07, 6.45) is 0. The Kier molecular flexibility index (Phi) is 40.8. The van der Waals surface area contributed by atoms with Crippen molar-refractivity contribution in [3.63, 3.8) is 0 Å². The Bertz CT molecular complexity index is 27.1. The summed E-state index contributed by atoms with van der Waals surface area (Å²) in [6, 6.07) is 0. The van der Waals surface area contributed by atoms with E-state index in [1.165, 1.54) is 0 Å². The van der Waals surface area contributed by atoms with E-state index < -0.39 is 42.1 Å². The maximum absolute atomic E-state index is 8.68. The van der Waals surface area contributed by atoms with Crippen LogP contribution in [0.25, 0.3) is 0 Å². The molecule has 0 aliphatic carbocycles. The minimum atomic E-state index is -3.76. The third-order valence-electron chi connectivity index (χ3n) is 0. The summed E-state index contributed by atoms with van der Waals surface area (Å²) in [6.45, 7) is 0. The van der Waals surface area contributed by atoms with Crippen LogP contribution in [0.4, 0.5) is 0 Å². The molecule has 0 unspecified atom stereocenters. The van der Waals surface area contributed by atoms with Crippen molar-refractivity contribution < 1.29 is 68.2 Å². The molecule has 10 heteroatoms. The van der Waals surface area contributed by atoms with Crippen molar-refractivity contribution in [3.05, 3.63) is 0 Å². The number of halogens is 2. The Morgan fingerprint density at radius 3 is 0.800 bits per heavy atom. The van der Waals surface area contributed by atoms with Gasteiger partial charge in [-0.1, -0.05) is 0 Å². The summed E-state index contributed by atoms with van der Waals surface area (Å²) in [7, 11) is 0. The molecular formula is H4BaI2O7. The van der Waals surface area contributed by atoms with Crippen LogP contribution in [0.2, 0.25) is 0 Å². The van der Waals surface area contributed by atoms with Crippen molar-refractivity contribution in [2.45, 2.75) is 0 Å². The number of hydrogen-bond acceptors (Lipinski definition) is 6. The van der Waals surface area contributed by atoms with Gasteiger partial charge in [0.25, 0.3) is 0 Å². The third kappa shape index (κ3) is 135. The standard InChI is InChI=1S/Ba.2HIO3.H2O/c;2*2-1(3)4;/h;2*2H;1H2. The largest absolute Gasteiger partial charge is 0.503 e. The minimum absolute atomic E-state index is 0. The van der Waals surface area contributed by atoms with Crippen molar-refractivity contribution in [2.75, 3.05) is 0 Å². The Morgan fingerprint density at radius 1 is 0.800 bits per heavy atom. The second-order valence-electron chi connectivity index (χ2n) is 0.402. The molecule has 0 spiro atoms. The molecule has 0 heterocycles. The Labute approximate surface area is 115 Å². The average Bonchev–Trinajstić information content (AvgIpc) is 1.25. The van der Waals surface area contributed by atoms with E-state index in [4.69, 9.17) is 20.6 Å². The molecule has 0 aromatic heterocycles. The van der Waals surface area contributed by atoms with E-state index in [1.807, 2.05) is 0 Å². The van der Waals surface area contributed by atoms with Crippen LogP contribution in [0, 0.1) is 0 Å². The van der Waals surface area contributed by atoms with Crippen molar-refractivity contribution in [1.82, 2.24) is 0 Å². The zero-order valence-corrected chi connectivity index (χ0v) is 13.2. The van der Waals surface area contributed by atoms with Gasteiger partial charge in [-0.25, -0.2) is 0 Å². The molecule has 0 rings (SSSR count). The molecule has 10 heavy (non-hydrogen) atoms. The summed E-state index contributed by atoms with van der Waals surface area (Å²) >= 11 is -7.53. The van der Waals surface area contributed by atoms with E-state index in [2.05, 4.69) is 0 Å². The fourth-order valence-corrected chi connectivity index (χ4v) is 0. The van der Waals surface area contributed by atoms with Crippen molar-refractivity contribution in [2.24, 2.45) is 0 Å². The van der Waals surface area contributed by atoms with Gasteiger partial charge in [-0.3, -0.25) is 0 Å². The van der Waals surface area contributed by atoms with Gasteiger partial charge < -0.3 is 19.2 Å². The second kappa shape index (κ2) is 17.7. The monoisotopic (exact) mass is 508 g/mol. The van der Waals surface area contributed by atoms with Crippen LogP contribution < -0.4 is 55.9 Å². The Hall–Kier alpha value is 2.75. The Balaban J connectivity index is -0.0000000300. The van der Waals surface area contributed by atoms with Crippen LogP contribution in [0.1, 0.15) is 0 Å².